The average Bonchev–Trinajstić information content (AvgIpc) is 2.84. The largest absolute Gasteiger partial charge is 0.494 e. The Bertz CT molecular complexity index is 1270. The summed E-state index contributed by atoms with van der Waals surface area (Å²) in [6, 6.07) is 17.2. The summed E-state index contributed by atoms with van der Waals surface area (Å²) in [7, 11) is 1.29. The van der Waals surface area contributed by atoms with Gasteiger partial charge in [-0.1, -0.05) is 18.2 Å². The number of hydrogen-bond acceptors (Lipinski definition) is 7. The number of methoxy groups -OCH3 is 1. The maximum atomic E-state index is 13.1. The van der Waals surface area contributed by atoms with Crippen molar-refractivity contribution in [2.75, 3.05) is 12.4 Å². The maximum absolute atomic E-state index is 13.1. The van der Waals surface area contributed by atoms with E-state index in [0.29, 0.717) is 11.1 Å². The molecule has 2 amide bonds. The number of carbonyl (C=O) groups is 2. The summed E-state index contributed by atoms with van der Waals surface area (Å²) in [5.41, 5.74) is 0.336. The van der Waals surface area contributed by atoms with Gasteiger partial charge in [0.05, 0.1) is 28.7 Å². The van der Waals surface area contributed by atoms with E-state index in [9.17, 15) is 29.8 Å². The number of carbonyl (C=O) groups excluding carboxylic acids is 2. The van der Waals surface area contributed by atoms with Crippen LogP contribution < -0.4 is 15.4 Å². The van der Waals surface area contributed by atoms with Crippen LogP contribution in [0.5, 0.6) is 5.75 Å². The summed E-state index contributed by atoms with van der Waals surface area (Å²) in [6.45, 7) is 0. The van der Waals surface area contributed by atoms with Gasteiger partial charge >= 0.3 is 0 Å². The summed E-state index contributed by atoms with van der Waals surface area (Å²) in [5, 5.41) is 27.0. The lowest BCUT2D eigenvalue weighted by molar-refractivity contribution is -0.385. The molecule has 0 spiro atoms. The quantitative estimate of drug-likeness (QED) is 0.292. The molecule has 0 aliphatic heterocycles. The highest BCUT2D eigenvalue weighted by molar-refractivity contribution is 6.11. The van der Waals surface area contributed by atoms with Gasteiger partial charge in [0, 0.05) is 23.8 Å². The second-order valence-corrected chi connectivity index (χ2v) is 6.82. The lowest BCUT2D eigenvalue weighted by Crippen LogP contribution is -2.30. The molecule has 172 valence electrons. The second kappa shape index (κ2) is 10.5. The number of nitro groups is 2. The van der Waals surface area contributed by atoms with E-state index in [1.165, 1.54) is 49.6 Å². The SMILES string of the molecule is COc1cc([N+](=O)[O-])ccc1NC(=O)/C(=C/c1ccc([N+](=O)[O-])cc1)NC(=O)c1ccccc1. The van der Waals surface area contributed by atoms with E-state index in [0.717, 1.165) is 6.07 Å². The predicted octanol–water partition coefficient (Wildman–Crippen LogP) is 3.92. The molecule has 11 nitrogen and oxygen atoms in total. The van der Waals surface area contributed by atoms with E-state index in [1.807, 2.05) is 0 Å². The van der Waals surface area contributed by atoms with Crippen LogP contribution in [-0.4, -0.2) is 28.8 Å². The van der Waals surface area contributed by atoms with Crippen LogP contribution in [0.1, 0.15) is 15.9 Å². The zero-order valence-corrected chi connectivity index (χ0v) is 17.8. The molecule has 0 saturated heterocycles. The topological polar surface area (TPSA) is 154 Å². The van der Waals surface area contributed by atoms with Crippen LogP contribution in [0.2, 0.25) is 0 Å². The number of hydrogen-bond donors (Lipinski definition) is 2. The first-order valence-electron chi connectivity index (χ1n) is 9.75. The summed E-state index contributed by atoms with van der Waals surface area (Å²) in [4.78, 5) is 46.5. The van der Waals surface area contributed by atoms with Crippen molar-refractivity contribution in [1.82, 2.24) is 5.32 Å². The molecule has 34 heavy (non-hydrogen) atoms. The molecule has 0 fully saturated rings. The van der Waals surface area contributed by atoms with Gasteiger partial charge in [0.1, 0.15) is 11.4 Å². The molecule has 0 bridgehead atoms. The highest BCUT2D eigenvalue weighted by Gasteiger charge is 2.18. The van der Waals surface area contributed by atoms with Gasteiger partial charge in [-0.05, 0) is 42.0 Å². The monoisotopic (exact) mass is 462 g/mol. The van der Waals surface area contributed by atoms with Crippen molar-refractivity contribution < 1.29 is 24.2 Å². The normalized spacial score (nSPS) is 10.8. The Morgan fingerprint density at radius 2 is 1.50 bits per heavy atom. The smallest absolute Gasteiger partial charge is 0.273 e. The van der Waals surface area contributed by atoms with Crippen LogP contribution in [-0.2, 0) is 4.79 Å². The molecule has 2 N–H and O–H groups in total. The van der Waals surface area contributed by atoms with Crippen molar-refractivity contribution in [2.24, 2.45) is 0 Å². The lowest BCUT2D eigenvalue weighted by atomic mass is 10.1. The molecular weight excluding hydrogens is 444 g/mol. The van der Waals surface area contributed by atoms with Crippen molar-refractivity contribution in [3.63, 3.8) is 0 Å². The third kappa shape index (κ3) is 5.79. The van der Waals surface area contributed by atoms with E-state index in [-0.39, 0.29) is 28.5 Å². The number of ether oxygens (including phenoxy) is 1. The highest BCUT2D eigenvalue weighted by atomic mass is 16.6. The Kier molecular flexibility index (Phi) is 7.29. The Morgan fingerprint density at radius 3 is 2.09 bits per heavy atom. The highest BCUT2D eigenvalue weighted by Crippen LogP contribution is 2.29. The minimum Gasteiger partial charge on any atom is -0.494 e. The van der Waals surface area contributed by atoms with Gasteiger partial charge < -0.3 is 15.4 Å². The predicted molar refractivity (Wildman–Crippen MR) is 123 cm³/mol. The minimum absolute atomic E-state index is 0.0478. The first-order valence-corrected chi connectivity index (χ1v) is 9.75. The van der Waals surface area contributed by atoms with Crippen LogP contribution in [0.15, 0.2) is 78.5 Å². The zero-order chi connectivity index (χ0) is 24.7. The number of anilines is 1. The van der Waals surface area contributed by atoms with E-state index in [2.05, 4.69) is 10.6 Å². The fourth-order valence-corrected chi connectivity index (χ4v) is 2.89. The van der Waals surface area contributed by atoms with Crippen molar-refractivity contribution >= 4 is 35.0 Å². The van der Waals surface area contributed by atoms with Gasteiger partial charge in [0.25, 0.3) is 23.2 Å². The van der Waals surface area contributed by atoms with Crippen LogP contribution in [0.3, 0.4) is 0 Å². The Hall–Kier alpha value is -5.06. The van der Waals surface area contributed by atoms with Crippen LogP contribution in [0.4, 0.5) is 17.1 Å². The third-order valence-electron chi connectivity index (χ3n) is 4.59. The van der Waals surface area contributed by atoms with E-state index in [4.69, 9.17) is 4.74 Å². The van der Waals surface area contributed by atoms with Crippen molar-refractivity contribution in [1.29, 1.82) is 0 Å². The number of nitrogens with zero attached hydrogens (tertiary/aromatic N) is 2. The van der Waals surface area contributed by atoms with E-state index >= 15 is 0 Å². The van der Waals surface area contributed by atoms with Crippen LogP contribution in [0.25, 0.3) is 6.08 Å². The summed E-state index contributed by atoms with van der Waals surface area (Å²) < 4.78 is 5.13. The molecule has 0 heterocycles. The number of benzene rings is 3. The Labute approximate surface area is 193 Å². The first kappa shape index (κ1) is 23.6. The molecule has 11 heteroatoms. The number of amides is 2. The van der Waals surface area contributed by atoms with Crippen molar-refractivity contribution in [3.05, 3.63) is 110 Å². The van der Waals surface area contributed by atoms with E-state index < -0.39 is 21.7 Å². The fraction of sp³-hybridized carbons (Fsp3) is 0.0435. The molecule has 0 unspecified atom stereocenters. The molecular formula is C23H18N4O7. The zero-order valence-electron chi connectivity index (χ0n) is 17.8. The number of rotatable bonds is 8. The van der Waals surface area contributed by atoms with Gasteiger partial charge in [-0.25, -0.2) is 0 Å². The van der Waals surface area contributed by atoms with Crippen molar-refractivity contribution in [2.45, 2.75) is 0 Å². The Balaban J connectivity index is 1.94. The number of non-ortho nitro benzene ring substituents is 2. The standard InChI is InChI=1S/C23H18N4O7/c1-34-21-14-18(27(32)33)11-12-19(21)24-23(29)20(25-22(28)16-5-3-2-4-6-16)13-15-7-9-17(10-8-15)26(30)31/h2-14H,1H3,(H,24,29)(H,25,28)/b20-13-. The summed E-state index contributed by atoms with van der Waals surface area (Å²) >= 11 is 0. The minimum atomic E-state index is -0.741. The van der Waals surface area contributed by atoms with Gasteiger partial charge in [-0.15, -0.1) is 0 Å². The third-order valence-corrected chi connectivity index (χ3v) is 4.59. The molecule has 0 aliphatic rings. The fourth-order valence-electron chi connectivity index (χ4n) is 2.89. The van der Waals surface area contributed by atoms with Gasteiger partial charge in [-0.3, -0.25) is 29.8 Å². The molecule has 0 aromatic heterocycles. The summed E-state index contributed by atoms with van der Waals surface area (Å²) in [5.74, 6) is -1.25. The second-order valence-electron chi connectivity index (χ2n) is 6.82. The molecule has 0 saturated carbocycles. The number of nitro benzene ring substituents is 2. The van der Waals surface area contributed by atoms with Gasteiger partial charge in [0.2, 0.25) is 0 Å². The molecule has 3 rings (SSSR count). The summed E-state index contributed by atoms with van der Waals surface area (Å²) in [6.07, 6.45) is 1.35. The molecule has 3 aromatic rings. The molecule has 3 aromatic carbocycles. The molecule has 0 radical (unpaired) electrons. The molecule has 0 atom stereocenters. The maximum Gasteiger partial charge on any atom is 0.273 e. The average molecular weight is 462 g/mol. The van der Waals surface area contributed by atoms with Gasteiger partial charge in [-0.2, -0.15) is 0 Å². The van der Waals surface area contributed by atoms with Crippen molar-refractivity contribution in [3.8, 4) is 5.75 Å². The van der Waals surface area contributed by atoms with Crippen LogP contribution >= 0.6 is 0 Å². The molecule has 0 aliphatic carbocycles. The first-order chi connectivity index (χ1) is 16.3. The van der Waals surface area contributed by atoms with E-state index in [1.54, 1.807) is 30.3 Å². The Morgan fingerprint density at radius 1 is 0.882 bits per heavy atom. The number of nitrogens with one attached hydrogen (secondary N) is 2. The van der Waals surface area contributed by atoms with Gasteiger partial charge in [0.15, 0.2) is 0 Å². The lowest BCUT2D eigenvalue weighted by Gasteiger charge is -2.13. The van der Waals surface area contributed by atoms with Crippen LogP contribution in [0, 0.1) is 20.2 Å².